The monoisotopic (exact) mass is 273 g/mol. The number of benzene rings is 1. The maximum Gasteiger partial charge on any atom is 0.390 e. The van der Waals surface area contributed by atoms with Gasteiger partial charge in [-0.05, 0) is 17.7 Å². The summed E-state index contributed by atoms with van der Waals surface area (Å²) in [7, 11) is 1.54. The van der Waals surface area contributed by atoms with Crippen molar-refractivity contribution in [3.63, 3.8) is 0 Å². The van der Waals surface area contributed by atoms with E-state index in [2.05, 4.69) is 0 Å². The van der Waals surface area contributed by atoms with E-state index in [0.29, 0.717) is 11.3 Å². The van der Waals surface area contributed by atoms with Gasteiger partial charge in [0, 0.05) is 25.4 Å². The van der Waals surface area contributed by atoms with Crippen LogP contribution in [-0.4, -0.2) is 30.8 Å². The number of carboxylic acid groups (broad SMARTS) is 1. The van der Waals surface area contributed by atoms with E-state index in [9.17, 15) is 18.0 Å². The number of para-hydroxylation sites is 1. The summed E-state index contributed by atoms with van der Waals surface area (Å²) < 4.78 is 36.5. The van der Waals surface area contributed by atoms with Crippen LogP contribution in [-0.2, 0) is 4.79 Å². The molecule has 0 heterocycles. The Morgan fingerprint density at radius 1 is 1.37 bits per heavy atom. The van der Waals surface area contributed by atoms with E-state index in [1.165, 1.54) is 11.0 Å². The summed E-state index contributed by atoms with van der Waals surface area (Å²) in [5, 5.41) is 8.57. The number of hydrogen-bond donors (Lipinski definition) is 1. The molecule has 0 unspecified atom stereocenters. The smallest absolute Gasteiger partial charge is 0.390 e. The maximum absolute atomic E-state index is 12.2. The summed E-state index contributed by atoms with van der Waals surface area (Å²) in [6.45, 7) is -0.179. The van der Waals surface area contributed by atoms with Gasteiger partial charge in [0.05, 0.1) is 6.42 Å². The number of rotatable bonds is 5. The maximum atomic E-state index is 12.2. The van der Waals surface area contributed by atoms with Crippen LogP contribution < -0.4 is 4.90 Å². The van der Waals surface area contributed by atoms with Gasteiger partial charge < -0.3 is 10.0 Å². The molecule has 1 aromatic rings. The zero-order valence-corrected chi connectivity index (χ0v) is 10.3. The Morgan fingerprint density at radius 2 is 2.00 bits per heavy atom. The van der Waals surface area contributed by atoms with Crippen molar-refractivity contribution in [2.75, 3.05) is 18.5 Å². The van der Waals surface area contributed by atoms with E-state index in [4.69, 9.17) is 5.11 Å². The Hall–Kier alpha value is -1.98. The van der Waals surface area contributed by atoms with Crippen molar-refractivity contribution in [3.8, 4) is 0 Å². The highest BCUT2D eigenvalue weighted by atomic mass is 19.4. The lowest BCUT2D eigenvalue weighted by Gasteiger charge is -2.22. The lowest BCUT2D eigenvalue weighted by atomic mass is 10.1. The number of alkyl halides is 3. The minimum absolute atomic E-state index is 0.179. The van der Waals surface area contributed by atoms with Crippen molar-refractivity contribution in [1.29, 1.82) is 0 Å². The van der Waals surface area contributed by atoms with Crippen molar-refractivity contribution in [2.45, 2.75) is 12.6 Å². The average molecular weight is 273 g/mol. The van der Waals surface area contributed by atoms with Gasteiger partial charge in [-0.2, -0.15) is 13.2 Å². The first-order valence-electron chi connectivity index (χ1n) is 5.57. The fourth-order valence-electron chi connectivity index (χ4n) is 1.55. The molecular formula is C13H14F3NO2. The summed E-state index contributed by atoms with van der Waals surface area (Å²) in [6, 6.07) is 6.69. The molecule has 0 aliphatic rings. The first-order valence-corrected chi connectivity index (χ1v) is 5.57. The third-order valence-corrected chi connectivity index (χ3v) is 2.48. The Kier molecular flexibility index (Phi) is 4.97. The first-order chi connectivity index (χ1) is 8.79. The van der Waals surface area contributed by atoms with Gasteiger partial charge in [-0.25, -0.2) is 4.79 Å². The molecule has 0 spiro atoms. The number of aliphatic carboxylic acids is 1. The van der Waals surface area contributed by atoms with Gasteiger partial charge in [-0.1, -0.05) is 18.2 Å². The van der Waals surface area contributed by atoms with Crippen LogP contribution in [0.4, 0.5) is 18.9 Å². The minimum atomic E-state index is -4.21. The molecule has 6 heteroatoms. The summed E-state index contributed by atoms with van der Waals surface area (Å²) in [6.07, 6.45) is -2.81. The molecule has 0 radical (unpaired) electrons. The number of nitrogens with zero attached hydrogens (tertiary/aromatic N) is 1. The number of carbonyl (C=O) groups is 1. The Bertz CT molecular complexity index is 469. The van der Waals surface area contributed by atoms with Gasteiger partial charge in [-0.15, -0.1) is 0 Å². The molecule has 19 heavy (non-hydrogen) atoms. The normalized spacial score (nSPS) is 11.8. The van der Waals surface area contributed by atoms with Crippen molar-refractivity contribution >= 4 is 17.7 Å². The van der Waals surface area contributed by atoms with Gasteiger partial charge in [0.25, 0.3) is 0 Å². The van der Waals surface area contributed by atoms with Crippen LogP contribution in [0.15, 0.2) is 30.3 Å². The van der Waals surface area contributed by atoms with Crippen molar-refractivity contribution in [3.05, 3.63) is 35.9 Å². The number of halogens is 3. The summed E-state index contributed by atoms with van der Waals surface area (Å²) in [5.74, 6) is -1.10. The summed E-state index contributed by atoms with van der Waals surface area (Å²) in [4.78, 5) is 11.9. The standard InChI is InChI=1S/C13H14F3NO2/c1-17(9-8-13(14,15)16)11-5-3-2-4-10(11)6-7-12(18)19/h2-7H,8-9H2,1H3,(H,18,19). The minimum Gasteiger partial charge on any atom is -0.478 e. The number of anilines is 1. The molecule has 0 saturated carbocycles. The molecule has 0 aliphatic heterocycles. The number of hydrogen-bond acceptors (Lipinski definition) is 2. The molecule has 0 amide bonds. The predicted molar refractivity (Wildman–Crippen MR) is 67.1 cm³/mol. The lowest BCUT2D eigenvalue weighted by Crippen LogP contribution is -2.24. The van der Waals surface area contributed by atoms with Crippen molar-refractivity contribution in [2.24, 2.45) is 0 Å². The van der Waals surface area contributed by atoms with Crippen LogP contribution in [0, 0.1) is 0 Å². The fraction of sp³-hybridized carbons (Fsp3) is 0.308. The quantitative estimate of drug-likeness (QED) is 0.838. The van der Waals surface area contributed by atoms with E-state index in [1.807, 2.05) is 0 Å². The van der Waals surface area contributed by atoms with Crippen LogP contribution in [0.3, 0.4) is 0 Å². The second kappa shape index (κ2) is 6.26. The number of carboxylic acids is 1. The average Bonchev–Trinajstić information content (AvgIpc) is 2.33. The van der Waals surface area contributed by atoms with Crippen LogP contribution in [0.5, 0.6) is 0 Å². The highest BCUT2D eigenvalue weighted by Gasteiger charge is 2.27. The molecule has 0 aliphatic carbocycles. The second-order valence-electron chi connectivity index (χ2n) is 4.02. The third-order valence-electron chi connectivity index (χ3n) is 2.48. The molecule has 0 fully saturated rings. The first kappa shape index (κ1) is 15.1. The second-order valence-corrected chi connectivity index (χ2v) is 4.02. The molecule has 104 valence electrons. The topological polar surface area (TPSA) is 40.5 Å². The molecule has 1 rings (SSSR count). The molecular weight excluding hydrogens is 259 g/mol. The van der Waals surface area contributed by atoms with Gasteiger partial charge in [0.2, 0.25) is 0 Å². The summed E-state index contributed by atoms with van der Waals surface area (Å²) >= 11 is 0. The van der Waals surface area contributed by atoms with E-state index in [1.54, 1.807) is 31.3 Å². The van der Waals surface area contributed by atoms with E-state index in [0.717, 1.165) is 6.08 Å². The molecule has 0 aromatic heterocycles. The van der Waals surface area contributed by atoms with E-state index >= 15 is 0 Å². The molecule has 1 aromatic carbocycles. The van der Waals surface area contributed by atoms with Gasteiger partial charge >= 0.3 is 12.1 Å². The zero-order valence-electron chi connectivity index (χ0n) is 10.3. The van der Waals surface area contributed by atoms with Crippen LogP contribution in [0.1, 0.15) is 12.0 Å². The fourth-order valence-corrected chi connectivity index (χ4v) is 1.55. The van der Waals surface area contributed by atoms with E-state index < -0.39 is 18.6 Å². The zero-order chi connectivity index (χ0) is 14.5. The molecule has 0 bridgehead atoms. The lowest BCUT2D eigenvalue weighted by molar-refractivity contribution is -0.132. The van der Waals surface area contributed by atoms with Gasteiger partial charge in [0.1, 0.15) is 0 Å². The third kappa shape index (κ3) is 5.46. The molecule has 0 saturated heterocycles. The van der Waals surface area contributed by atoms with Crippen LogP contribution in [0.2, 0.25) is 0 Å². The molecule has 0 atom stereocenters. The van der Waals surface area contributed by atoms with Crippen LogP contribution >= 0.6 is 0 Å². The summed E-state index contributed by atoms with van der Waals surface area (Å²) in [5.41, 5.74) is 1.12. The predicted octanol–water partition coefficient (Wildman–Crippen LogP) is 3.17. The van der Waals surface area contributed by atoms with Crippen molar-refractivity contribution in [1.82, 2.24) is 0 Å². The van der Waals surface area contributed by atoms with E-state index in [-0.39, 0.29) is 6.54 Å². The van der Waals surface area contributed by atoms with Gasteiger partial charge in [0.15, 0.2) is 0 Å². The Balaban J connectivity index is 2.84. The highest BCUT2D eigenvalue weighted by Crippen LogP contribution is 2.24. The Morgan fingerprint density at radius 3 is 2.58 bits per heavy atom. The van der Waals surface area contributed by atoms with Crippen molar-refractivity contribution < 1.29 is 23.1 Å². The van der Waals surface area contributed by atoms with Crippen LogP contribution in [0.25, 0.3) is 6.08 Å². The molecule has 3 nitrogen and oxygen atoms in total. The Labute approximate surface area is 109 Å². The molecule has 1 N–H and O–H groups in total. The van der Waals surface area contributed by atoms with Gasteiger partial charge in [-0.3, -0.25) is 0 Å². The largest absolute Gasteiger partial charge is 0.478 e. The SMILES string of the molecule is CN(CCC(F)(F)F)c1ccccc1C=CC(=O)O. The highest BCUT2D eigenvalue weighted by molar-refractivity contribution is 5.86.